The molecular weight excluding hydrogens is 341 g/mol. The third-order valence-electron chi connectivity index (χ3n) is 4.07. The minimum atomic E-state index is -0.166. The maximum absolute atomic E-state index is 9.69. The van der Waals surface area contributed by atoms with Crippen molar-refractivity contribution in [1.82, 2.24) is 5.32 Å². The highest BCUT2D eigenvalue weighted by Crippen LogP contribution is 2.25. The molecule has 2 unspecified atom stereocenters. The molecule has 0 aliphatic heterocycles. The Kier molecular flexibility index (Phi) is 7.29. The molecule has 106 valence electrons. The lowest BCUT2D eigenvalue weighted by atomic mass is 9.96. The van der Waals surface area contributed by atoms with Crippen LogP contribution in [0.15, 0.2) is 4.99 Å². The summed E-state index contributed by atoms with van der Waals surface area (Å²) in [5.74, 6) is 0.887. The van der Waals surface area contributed by atoms with E-state index in [9.17, 15) is 5.11 Å². The van der Waals surface area contributed by atoms with Gasteiger partial charge in [0.15, 0.2) is 5.96 Å². The number of nitrogens with one attached hydrogen (secondary N) is 1. The Morgan fingerprint density at radius 1 is 1.11 bits per heavy atom. The van der Waals surface area contributed by atoms with Crippen molar-refractivity contribution in [2.45, 2.75) is 63.5 Å². The van der Waals surface area contributed by atoms with Gasteiger partial charge in [0.1, 0.15) is 0 Å². The fraction of sp³-hybridized carbons (Fsp3) is 0.923. The van der Waals surface area contributed by atoms with Crippen molar-refractivity contribution < 1.29 is 5.11 Å². The Bertz CT molecular complexity index is 267. The summed E-state index contributed by atoms with van der Waals surface area (Å²) in [5.41, 5.74) is 5.89. The molecule has 0 aromatic rings. The van der Waals surface area contributed by atoms with Crippen LogP contribution in [-0.2, 0) is 0 Å². The van der Waals surface area contributed by atoms with Gasteiger partial charge in [0.2, 0.25) is 0 Å². The maximum atomic E-state index is 9.69. The second-order valence-corrected chi connectivity index (χ2v) is 5.46. The molecule has 2 fully saturated rings. The first-order valence-electron chi connectivity index (χ1n) is 7.00. The molecule has 5 heteroatoms. The van der Waals surface area contributed by atoms with E-state index in [1.54, 1.807) is 0 Å². The van der Waals surface area contributed by atoms with E-state index in [1.807, 2.05) is 0 Å². The van der Waals surface area contributed by atoms with Gasteiger partial charge in [-0.15, -0.1) is 24.0 Å². The standard InChI is InChI=1S/C13H25N3O.HI/c14-13(16-11-6-2-1-3-7-11)15-9-10-5-4-8-12(10)17;/h10-12,17H,1-9H2,(H3,14,15,16);1H. The van der Waals surface area contributed by atoms with Crippen molar-refractivity contribution >= 4 is 29.9 Å². The molecule has 2 rings (SSSR count). The van der Waals surface area contributed by atoms with Gasteiger partial charge in [-0.05, 0) is 25.7 Å². The molecular formula is C13H26IN3O. The van der Waals surface area contributed by atoms with E-state index in [0.29, 0.717) is 24.5 Å². The van der Waals surface area contributed by atoms with Crippen molar-refractivity contribution in [3.05, 3.63) is 0 Å². The molecule has 18 heavy (non-hydrogen) atoms. The molecule has 4 nitrogen and oxygen atoms in total. The van der Waals surface area contributed by atoms with E-state index in [0.717, 1.165) is 19.3 Å². The Hall–Kier alpha value is -0.0400. The Balaban J connectivity index is 0.00000162. The van der Waals surface area contributed by atoms with Crippen molar-refractivity contribution in [3.8, 4) is 0 Å². The summed E-state index contributed by atoms with van der Waals surface area (Å²) >= 11 is 0. The zero-order valence-electron chi connectivity index (χ0n) is 11.0. The monoisotopic (exact) mass is 367 g/mol. The maximum Gasteiger partial charge on any atom is 0.188 e. The van der Waals surface area contributed by atoms with Crippen LogP contribution < -0.4 is 11.1 Å². The van der Waals surface area contributed by atoms with Gasteiger partial charge >= 0.3 is 0 Å². The van der Waals surface area contributed by atoms with Gasteiger partial charge in [0.25, 0.3) is 0 Å². The quantitative estimate of drug-likeness (QED) is 0.406. The molecule has 0 radical (unpaired) electrons. The van der Waals surface area contributed by atoms with Gasteiger partial charge in [-0.3, -0.25) is 4.99 Å². The van der Waals surface area contributed by atoms with Crippen molar-refractivity contribution in [2.75, 3.05) is 6.54 Å². The highest BCUT2D eigenvalue weighted by molar-refractivity contribution is 14.0. The number of rotatable bonds is 3. The van der Waals surface area contributed by atoms with Crippen LogP contribution in [0.4, 0.5) is 0 Å². The smallest absolute Gasteiger partial charge is 0.188 e. The molecule has 0 saturated heterocycles. The third kappa shape index (κ3) is 4.91. The van der Waals surface area contributed by atoms with Crippen LogP contribution in [0.1, 0.15) is 51.4 Å². The summed E-state index contributed by atoms with van der Waals surface area (Å²) in [6.45, 7) is 0.673. The lowest BCUT2D eigenvalue weighted by Gasteiger charge is -2.23. The number of hydrogen-bond acceptors (Lipinski definition) is 2. The summed E-state index contributed by atoms with van der Waals surface area (Å²) in [6.07, 6.45) is 9.34. The number of halogens is 1. The first-order valence-corrected chi connectivity index (χ1v) is 7.00. The molecule has 2 aliphatic rings. The number of hydrogen-bond donors (Lipinski definition) is 3. The fourth-order valence-electron chi connectivity index (χ4n) is 2.95. The van der Waals surface area contributed by atoms with Gasteiger partial charge < -0.3 is 16.2 Å². The minimum absolute atomic E-state index is 0. The minimum Gasteiger partial charge on any atom is -0.393 e. The van der Waals surface area contributed by atoms with Crippen LogP contribution in [0.5, 0.6) is 0 Å². The molecule has 0 aromatic heterocycles. The van der Waals surface area contributed by atoms with Crippen LogP contribution in [0.3, 0.4) is 0 Å². The second-order valence-electron chi connectivity index (χ2n) is 5.46. The SMILES string of the molecule is I.NC(=NCC1CCCC1O)NC1CCCCC1. The number of guanidine groups is 1. The van der Waals surface area contributed by atoms with Gasteiger partial charge in [-0.2, -0.15) is 0 Å². The average molecular weight is 367 g/mol. The van der Waals surface area contributed by atoms with Crippen LogP contribution in [0.2, 0.25) is 0 Å². The Labute approximate surface area is 127 Å². The largest absolute Gasteiger partial charge is 0.393 e. The number of aliphatic hydroxyl groups excluding tert-OH is 1. The normalized spacial score (nSPS) is 29.9. The van der Waals surface area contributed by atoms with Crippen molar-refractivity contribution in [2.24, 2.45) is 16.6 Å². The van der Waals surface area contributed by atoms with E-state index in [4.69, 9.17) is 5.73 Å². The first kappa shape index (κ1) is 16.0. The van der Waals surface area contributed by atoms with E-state index in [1.165, 1.54) is 32.1 Å². The number of nitrogens with zero attached hydrogens (tertiary/aromatic N) is 1. The van der Waals surface area contributed by atoms with Gasteiger partial charge in [-0.1, -0.05) is 25.7 Å². The highest BCUT2D eigenvalue weighted by Gasteiger charge is 2.24. The molecule has 0 heterocycles. The lowest BCUT2D eigenvalue weighted by molar-refractivity contribution is 0.136. The molecule has 2 saturated carbocycles. The van der Waals surface area contributed by atoms with E-state index >= 15 is 0 Å². The Morgan fingerprint density at radius 2 is 1.83 bits per heavy atom. The molecule has 0 amide bonds. The van der Waals surface area contributed by atoms with Crippen LogP contribution in [-0.4, -0.2) is 29.8 Å². The molecule has 0 bridgehead atoms. The number of nitrogens with two attached hydrogens (primary N) is 1. The third-order valence-corrected chi connectivity index (χ3v) is 4.07. The molecule has 0 spiro atoms. The zero-order chi connectivity index (χ0) is 12.1. The fourth-order valence-corrected chi connectivity index (χ4v) is 2.95. The summed E-state index contributed by atoms with van der Waals surface area (Å²) in [6, 6.07) is 0.515. The summed E-state index contributed by atoms with van der Waals surface area (Å²) in [7, 11) is 0. The summed E-state index contributed by atoms with van der Waals surface area (Å²) in [5, 5.41) is 13.0. The second kappa shape index (κ2) is 8.19. The van der Waals surface area contributed by atoms with Crippen molar-refractivity contribution in [3.63, 3.8) is 0 Å². The Morgan fingerprint density at radius 3 is 2.44 bits per heavy atom. The van der Waals surface area contributed by atoms with Crippen LogP contribution >= 0.6 is 24.0 Å². The molecule has 2 atom stereocenters. The van der Waals surface area contributed by atoms with Gasteiger partial charge in [0.05, 0.1) is 6.10 Å². The molecule has 4 N–H and O–H groups in total. The average Bonchev–Trinajstić information content (AvgIpc) is 2.74. The van der Waals surface area contributed by atoms with Crippen molar-refractivity contribution in [1.29, 1.82) is 0 Å². The van der Waals surface area contributed by atoms with E-state index in [-0.39, 0.29) is 30.1 Å². The van der Waals surface area contributed by atoms with E-state index in [2.05, 4.69) is 10.3 Å². The van der Waals surface area contributed by atoms with Crippen LogP contribution in [0.25, 0.3) is 0 Å². The van der Waals surface area contributed by atoms with E-state index < -0.39 is 0 Å². The molecule has 2 aliphatic carbocycles. The first-order chi connectivity index (χ1) is 8.25. The zero-order valence-corrected chi connectivity index (χ0v) is 13.3. The lowest BCUT2D eigenvalue weighted by Crippen LogP contribution is -2.41. The molecule has 0 aromatic carbocycles. The van der Waals surface area contributed by atoms with Crippen LogP contribution in [0, 0.1) is 5.92 Å². The highest BCUT2D eigenvalue weighted by atomic mass is 127. The number of aliphatic hydroxyl groups is 1. The van der Waals surface area contributed by atoms with Gasteiger partial charge in [0, 0.05) is 18.5 Å². The topological polar surface area (TPSA) is 70.6 Å². The van der Waals surface area contributed by atoms with Gasteiger partial charge in [-0.25, -0.2) is 0 Å². The predicted molar refractivity (Wildman–Crippen MR) is 85.3 cm³/mol. The number of aliphatic imine (C=N–C) groups is 1. The summed E-state index contributed by atoms with van der Waals surface area (Å²) < 4.78 is 0. The summed E-state index contributed by atoms with van der Waals surface area (Å²) in [4.78, 5) is 4.37. The predicted octanol–water partition coefficient (Wildman–Crippen LogP) is 2.00.